The van der Waals surface area contributed by atoms with Gasteiger partial charge in [-0.15, -0.1) is 24.0 Å². The van der Waals surface area contributed by atoms with Gasteiger partial charge in [0.05, 0.1) is 14.2 Å². The molecule has 1 fully saturated rings. The van der Waals surface area contributed by atoms with Gasteiger partial charge in [0.25, 0.3) is 0 Å². The molecule has 0 unspecified atom stereocenters. The Balaban J connectivity index is 0.00000392. The first-order valence-electron chi connectivity index (χ1n) is 9.96. The molecule has 7 heteroatoms. The van der Waals surface area contributed by atoms with Crippen molar-refractivity contribution in [1.29, 1.82) is 0 Å². The van der Waals surface area contributed by atoms with E-state index in [0.29, 0.717) is 0 Å². The van der Waals surface area contributed by atoms with Gasteiger partial charge in [0.1, 0.15) is 11.5 Å². The van der Waals surface area contributed by atoms with Crippen molar-refractivity contribution in [2.75, 3.05) is 54.5 Å². The van der Waals surface area contributed by atoms with Gasteiger partial charge in [0.2, 0.25) is 0 Å². The fourth-order valence-corrected chi connectivity index (χ4v) is 3.68. The number of nitrogens with one attached hydrogen (secondary N) is 1. The number of nitrogens with zero attached hydrogens (tertiary/aromatic N) is 3. The van der Waals surface area contributed by atoms with Crippen molar-refractivity contribution in [3.8, 4) is 11.5 Å². The average molecular weight is 504 g/mol. The fraction of sp³-hybridized carbons (Fsp3) is 0.667. The molecule has 0 aliphatic carbocycles. The Labute approximate surface area is 187 Å². The van der Waals surface area contributed by atoms with Crippen LogP contribution in [0.3, 0.4) is 0 Å². The van der Waals surface area contributed by atoms with Crippen molar-refractivity contribution in [1.82, 2.24) is 15.1 Å². The Morgan fingerprint density at radius 1 is 1.25 bits per heavy atom. The van der Waals surface area contributed by atoms with Crippen LogP contribution in [0.5, 0.6) is 11.5 Å². The van der Waals surface area contributed by atoms with E-state index in [4.69, 9.17) is 9.47 Å². The lowest BCUT2D eigenvalue weighted by Gasteiger charge is -2.31. The summed E-state index contributed by atoms with van der Waals surface area (Å²) >= 11 is 0. The summed E-state index contributed by atoms with van der Waals surface area (Å²) in [5.41, 5.74) is 1.11. The van der Waals surface area contributed by atoms with Gasteiger partial charge >= 0.3 is 0 Å². The summed E-state index contributed by atoms with van der Waals surface area (Å²) in [7, 11) is 7.25. The van der Waals surface area contributed by atoms with Gasteiger partial charge < -0.3 is 24.6 Å². The predicted molar refractivity (Wildman–Crippen MR) is 127 cm³/mol. The Bertz CT molecular complexity index is 604. The van der Waals surface area contributed by atoms with E-state index in [1.807, 2.05) is 25.2 Å². The zero-order chi connectivity index (χ0) is 19.6. The molecule has 0 atom stereocenters. The molecule has 0 aromatic heterocycles. The fourth-order valence-electron chi connectivity index (χ4n) is 3.68. The molecule has 28 heavy (non-hydrogen) atoms. The summed E-state index contributed by atoms with van der Waals surface area (Å²) in [5.74, 6) is 3.37. The quantitative estimate of drug-likeness (QED) is 0.334. The molecule has 0 radical (unpaired) electrons. The number of halogens is 1. The number of hydrogen-bond acceptors (Lipinski definition) is 4. The molecular formula is C21H37IN4O2. The van der Waals surface area contributed by atoms with E-state index in [1.54, 1.807) is 14.2 Å². The number of benzene rings is 1. The molecule has 1 aliphatic heterocycles. The van der Waals surface area contributed by atoms with Crippen molar-refractivity contribution >= 4 is 29.9 Å². The summed E-state index contributed by atoms with van der Waals surface area (Å²) in [6, 6.07) is 5.93. The molecule has 1 N–H and O–H groups in total. The summed E-state index contributed by atoms with van der Waals surface area (Å²) < 4.78 is 10.8. The number of ether oxygens (including phenoxy) is 2. The second-order valence-electron chi connectivity index (χ2n) is 7.17. The van der Waals surface area contributed by atoms with E-state index in [2.05, 4.69) is 34.1 Å². The van der Waals surface area contributed by atoms with Gasteiger partial charge in [0.15, 0.2) is 5.96 Å². The number of rotatable bonds is 8. The van der Waals surface area contributed by atoms with Gasteiger partial charge in [-0.05, 0) is 56.9 Å². The molecule has 1 aromatic carbocycles. The molecule has 6 nitrogen and oxygen atoms in total. The van der Waals surface area contributed by atoms with Gasteiger partial charge in [-0.3, -0.25) is 4.99 Å². The second-order valence-corrected chi connectivity index (χ2v) is 7.17. The highest BCUT2D eigenvalue weighted by Gasteiger charge is 2.18. The summed E-state index contributed by atoms with van der Waals surface area (Å²) in [5, 5.41) is 3.52. The first-order chi connectivity index (χ1) is 13.1. The van der Waals surface area contributed by atoms with Crippen molar-refractivity contribution < 1.29 is 9.47 Å². The van der Waals surface area contributed by atoms with Crippen LogP contribution in [-0.2, 0) is 6.54 Å². The number of piperidine rings is 1. The lowest BCUT2D eigenvalue weighted by molar-refractivity contribution is 0.187. The third kappa shape index (κ3) is 7.31. The lowest BCUT2D eigenvalue weighted by Crippen LogP contribution is -2.40. The van der Waals surface area contributed by atoms with Crippen LogP contribution in [0.4, 0.5) is 0 Å². The van der Waals surface area contributed by atoms with E-state index < -0.39 is 0 Å². The minimum atomic E-state index is 0. The van der Waals surface area contributed by atoms with Crippen molar-refractivity contribution in [3.63, 3.8) is 0 Å². The number of hydrogen-bond donors (Lipinski definition) is 1. The first kappa shape index (κ1) is 24.8. The molecule has 1 saturated heterocycles. The van der Waals surface area contributed by atoms with Crippen molar-refractivity contribution in [2.24, 2.45) is 10.9 Å². The van der Waals surface area contributed by atoms with Crippen LogP contribution in [0.25, 0.3) is 0 Å². The first-order valence-corrected chi connectivity index (χ1v) is 9.96. The number of likely N-dealkylation sites (tertiary alicyclic amines) is 1. The largest absolute Gasteiger partial charge is 0.497 e. The van der Waals surface area contributed by atoms with Gasteiger partial charge in [-0.25, -0.2) is 0 Å². The Hall–Kier alpha value is -1.22. The molecular weight excluding hydrogens is 467 g/mol. The van der Waals surface area contributed by atoms with Crippen LogP contribution in [0, 0.1) is 5.92 Å². The van der Waals surface area contributed by atoms with E-state index >= 15 is 0 Å². The summed E-state index contributed by atoms with van der Waals surface area (Å²) in [6.45, 7) is 7.60. The second kappa shape index (κ2) is 13.1. The Morgan fingerprint density at radius 3 is 2.54 bits per heavy atom. The summed E-state index contributed by atoms with van der Waals surface area (Å²) in [4.78, 5) is 9.11. The molecule has 0 bridgehead atoms. The third-order valence-corrected chi connectivity index (χ3v) is 5.47. The van der Waals surface area contributed by atoms with Gasteiger partial charge in [0, 0.05) is 38.8 Å². The van der Waals surface area contributed by atoms with Crippen molar-refractivity contribution in [2.45, 2.75) is 32.7 Å². The highest BCUT2D eigenvalue weighted by atomic mass is 127. The monoisotopic (exact) mass is 504 g/mol. The van der Waals surface area contributed by atoms with E-state index in [1.165, 1.54) is 38.9 Å². The maximum Gasteiger partial charge on any atom is 0.193 e. The van der Waals surface area contributed by atoms with E-state index in [-0.39, 0.29) is 24.0 Å². The third-order valence-electron chi connectivity index (χ3n) is 5.47. The Kier molecular flexibility index (Phi) is 11.6. The maximum absolute atomic E-state index is 5.51. The van der Waals surface area contributed by atoms with Crippen LogP contribution in [0.1, 0.15) is 31.7 Å². The minimum Gasteiger partial charge on any atom is -0.497 e. The SMILES string of the molecule is CCN1CCC(CCNC(=NC)N(C)Cc2ccc(OC)cc2OC)CC1.I. The number of aliphatic imine (C=N–C) groups is 1. The Morgan fingerprint density at radius 2 is 1.96 bits per heavy atom. The topological polar surface area (TPSA) is 49.3 Å². The molecule has 160 valence electrons. The van der Waals surface area contributed by atoms with E-state index in [9.17, 15) is 0 Å². The van der Waals surface area contributed by atoms with E-state index in [0.717, 1.165) is 42.0 Å². The van der Waals surface area contributed by atoms with Crippen LogP contribution in [-0.4, -0.2) is 70.3 Å². The molecule has 0 spiro atoms. The molecule has 0 amide bonds. The van der Waals surface area contributed by atoms with Gasteiger partial charge in [-0.2, -0.15) is 0 Å². The average Bonchev–Trinajstić information content (AvgIpc) is 2.71. The van der Waals surface area contributed by atoms with Crippen LogP contribution < -0.4 is 14.8 Å². The zero-order valence-electron chi connectivity index (χ0n) is 18.0. The predicted octanol–water partition coefficient (Wildman–Crippen LogP) is 3.45. The molecule has 1 aromatic rings. The lowest BCUT2D eigenvalue weighted by atomic mass is 9.93. The van der Waals surface area contributed by atoms with Crippen molar-refractivity contribution in [3.05, 3.63) is 23.8 Å². The normalized spacial score (nSPS) is 15.7. The smallest absolute Gasteiger partial charge is 0.193 e. The minimum absolute atomic E-state index is 0. The highest BCUT2D eigenvalue weighted by molar-refractivity contribution is 14.0. The zero-order valence-corrected chi connectivity index (χ0v) is 20.4. The highest BCUT2D eigenvalue weighted by Crippen LogP contribution is 2.25. The molecule has 1 heterocycles. The summed E-state index contributed by atoms with van der Waals surface area (Å²) in [6.07, 6.45) is 3.83. The van der Waals surface area contributed by atoms with Gasteiger partial charge in [-0.1, -0.05) is 6.92 Å². The van der Waals surface area contributed by atoms with Crippen LogP contribution in [0.15, 0.2) is 23.2 Å². The van der Waals surface area contributed by atoms with Crippen LogP contribution >= 0.6 is 24.0 Å². The number of methoxy groups -OCH3 is 2. The standard InChI is InChI=1S/C21H36N4O2.HI/c1-6-25-13-10-17(11-14-25)9-12-23-21(22-2)24(3)16-18-7-8-19(26-4)15-20(18)27-5;/h7-8,15,17H,6,9-14,16H2,1-5H3,(H,22,23);1H. The molecule has 0 saturated carbocycles. The maximum atomic E-state index is 5.51. The van der Waals surface area contributed by atoms with Crippen LogP contribution in [0.2, 0.25) is 0 Å². The molecule has 2 rings (SSSR count). The molecule has 1 aliphatic rings. The number of guanidine groups is 1.